The summed E-state index contributed by atoms with van der Waals surface area (Å²) in [6.07, 6.45) is 2.77. The van der Waals surface area contributed by atoms with Crippen LogP contribution in [-0.2, 0) is 0 Å². The van der Waals surface area contributed by atoms with Gasteiger partial charge in [0.2, 0.25) is 5.95 Å². The Balaban J connectivity index is 2.18. The highest BCUT2D eigenvalue weighted by Crippen LogP contribution is 2.25. The Morgan fingerprint density at radius 3 is 2.80 bits per heavy atom. The number of nitrogens with zero attached hydrogens (tertiary/aromatic N) is 3. The zero-order chi connectivity index (χ0) is 10.8. The number of aliphatic hydroxyl groups excluding tert-OH is 1. The number of anilines is 2. The number of aromatic nitrogens is 2. The van der Waals surface area contributed by atoms with Crippen LogP contribution in [0, 0.1) is 0 Å². The molecule has 1 aromatic rings. The molecule has 0 amide bonds. The molecule has 1 fully saturated rings. The van der Waals surface area contributed by atoms with Crippen LogP contribution in [0.25, 0.3) is 0 Å². The molecule has 15 heavy (non-hydrogen) atoms. The monoisotopic (exact) mass is 228 g/mol. The van der Waals surface area contributed by atoms with E-state index in [2.05, 4.69) is 9.97 Å². The van der Waals surface area contributed by atoms with Crippen LogP contribution >= 0.6 is 11.6 Å². The van der Waals surface area contributed by atoms with E-state index in [1.165, 1.54) is 6.20 Å². The number of nitrogens with two attached hydrogens (primary N) is 1. The average molecular weight is 229 g/mol. The smallest absolute Gasteiger partial charge is 0.222 e. The third kappa shape index (κ3) is 2.30. The van der Waals surface area contributed by atoms with Crippen LogP contribution in [0.15, 0.2) is 6.20 Å². The minimum Gasteiger partial charge on any atom is -0.393 e. The van der Waals surface area contributed by atoms with Crippen LogP contribution < -0.4 is 10.6 Å². The number of nitrogen functional groups attached to an aromatic ring is 1. The molecule has 0 radical (unpaired) electrons. The lowest BCUT2D eigenvalue weighted by Crippen LogP contribution is -2.36. The SMILES string of the molecule is Nc1ncc(Cl)c(N2CCC(O)CC2)n1. The van der Waals surface area contributed by atoms with Gasteiger partial charge in [-0.25, -0.2) is 4.98 Å². The molecule has 1 aliphatic rings. The van der Waals surface area contributed by atoms with Gasteiger partial charge in [0.15, 0.2) is 5.82 Å². The molecule has 6 heteroatoms. The largest absolute Gasteiger partial charge is 0.393 e. The third-order valence-electron chi connectivity index (χ3n) is 2.51. The number of halogens is 1. The van der Waals surface area contributed by atoms with Crippen molar-refractivity contribution in [1.29, 1.82) is 0 Å². The van der Waals surface area contributed by atoms with Gasteiger partial charge in [0, 0.05) is 13.1 Å². The molecule has 82 valence electrons. The number of piperidine rings is 1. The van der Waals surface area contributed by atoms with Gasteiger partial charge >= 0.3 is 0 Å². The fourth-order valence-electron chi connectivity index (χ4n) is 1.67. The topological polar surface area (TPSA) is 75.3 Å². The van der Waals surface area contributed by atoms with Gasteiger partial charge in [-0.3, -0.25) is 0 Å². The number of hydrogen-bond donors (Lipinski definition) is 2. The second-order valence-corrected chi connectivity index (χ2v) is 4.03. The second kappa shape index (κ2) is 4.20. The molecule has 2 heterocycles. The van der Waals surface area contributed by atoms with Crippen molar-refractivity contribution in [3.63, 3.8) is 0 Å². The minimum absolute atomic E-state index is 0.209. The number of hydrogen-bond acceptors (Lipinski definition) is 5. The van der Waals surface area contributed by atoms with Crippen LogP contribution in [0.3, 0.4) is 0 Å². The summed E-state index contributed by atoms with van der Waals surface area (Å²) < 4.78 is 0. The highest BCUT2D eigenvalue weighted by Gasteiger charge is 2.20. The Kier molecular flexibility index (Phi) is 2.93. The maximum absolute atomic E-state index is 9.38. The van der Waals surface area contributed by atoms with Crippen LogP contribution in [0.4, 0.5) is 11.8 Å². The molecule has 0 bridgehead atoms. The van der Waals surface area contributed by atoms with E-state index in [0.717, 1.165) is 25.9 Å². The zero-order valence-electron chi connectivity index (χ0n) is 8.23. The van der Waals surface area contributed by atoms with Crippen molar-refractivity contribution in [3.8, 4) is 0 Å². The first-order chi connectivity index (χ1) is 7.16. The first-order valence-electron chi connectivity index (χ1n) is 4.88. The van der Waals surface area contributed by atoms with Crippen molar-refractivity contribution in [2.24, 2.45) is 0 Å². The van der Waals surface area contributed by atoms with Crippen LogP contribution in [0.2, 0.25) is 5.02 Å². The van der Waals surface area contributed by atoms with E-state index >= 15 is 0 Å². The van der Waals surface area contributed by atoms with E-state index in [9.17, 15) is 5.11 Å². The van der Waals surface area contributed by atoms with Gasteiger partial charge in [-0.2, -0.15) is 4.98 Å². The Morgan fingerprint density at radius 2 is 2.13 bits per heavy atom. The average Bonchev–Trinajstić information content (AvgIpc) is 2.23. The van der Waals surface area contributed by atoms with Crippen LogP contribution in [-0.4, -0.2) is 34.3 Å². The van der Waals surface area contributed by atoms with E-state index < -0.39 is 0 Å². The molecule has 0 atom stereocenters. The standard InChI is InChI=1S/C9H13ClN4O/c10-7-5-12-9(11)13-8(7)14-3-1-6(15)2-4-14/h5-6,15H,1-4H2,(H2,11,12,13). The fourth-order valence-corrected chi connectivity index (χ4v) is 1.88. The second-order valence-electron chi connectivity index (χ2n) is 3.62. The molecule has 0 unspecified atom stereocenters. The maximum atomic E-state index is 9.38. The van der Waals surface area contributed by atoms with Gasteiger partial charge in [0.25, 0.3) is 0 Å². The van der Waals surface area contributed by atoms with Crippen molar-refractivity contribution in [3.05, 3.63) is 11.2 Å². The van der Waals surface area contributed by atoms with Crippen molar-refractivity contribution >= 4 is 23.4 Å². The van der Waals surface area contributed by atoms with E-state index in [-0.39, 0.29) is 12.1 Å². The van der Waals surface area contributed by atoms with Crippen molar-refractivity contribution < 1.29 is 5.11 Å². The molecule has 5 nitrogen and oxygen atoms in total. The lowest BCUT2D eigenvalue weighted by Gasteiger charge is -2.30. The molecule has 0 saturated carbocycles. The van der Waals surface area contributed by atoms with Crippen LogP contribution in [0.1, 0.15) is 12.8 Å². The lowest BCUT2D eigenvalue weighted by atomic mass is 10.1. The molecular weight excluding hydrogens is 216 g/mol. The van der Waals surface area contributed by atoms with Gasteiger partial charge < -0.3 is 15.7 Å². The fraction of sp³-hybridized carbons (Fsp3) is 0.556. The molecule has 2 rings (SSSR count). The summed E-state index contributed by atoms with van der Waals surface area (Å²) in [5, 5.41) is 9.88. The quantitative estimate of drug-likeness (QED) is 0.739. The minimum atomic E-state index is -0.209. The molecule has 1 aliphatic heterocycles. The first kappa shape index (κ1) is 10.4. The zero-order valence-corrected chi connectivity index (χ0v) is 8.98. The molecule has 1 aromatic heterocycles. The Labute approximate surface area is 92.9 Å². The van der Waals surface area contributed by atoms with Gasteiger partial charge in [-0.15, -0.1) is 0 Å². The Morgan fingerprint density at radius 1 is 1.47 bits per heavy atom. The molecule has 0 spiro atoms. The Bertz CT molecular complexity index is 352. The number of aliphatic hydroxyl groups is 1. The van der Waals surface area contributed by atoms with Gasteiger partial charge in [-0.05, 0) is 12.8 Å². The van der Waals surface area contributed by atoms with Gasteiger partial charge in [0.05, 0.1) is 12.3 Å². The molecular formula is C9H13ClN4O. The van der Waals surface area contributed by atoms with E-state index in [0.29, 0.717) is 10.8 Å². The van der Waals surface area contributed by atoms with Gasteiger partial charge in [0.1, 0.15) is 5.02 Å². The predicted octanol–water partition coefficient (Wildman–Crippen LogP) is 0.673. The summed E-state index contributed by atoms with van der Waals surface area (Å²) in [4.78, 5) is 9.93. The summed E-state index contributed by atoms with van der Waals surface area (Å²) in [7, 11) is 0. The van der Waals surface area contributed by atoms with Crippen molar-refractivity contribution in [1.82, 2.24) is 9.97 Å². The summed E-state index contributed by atoms with van der Waals surface area (Å²) in [6, 6.07) is 0. The lowest BCUT2D eigenvalue weighted by molar-refractivity contribution is 0.145. The molecule has 0 aliphatic carbocycles. The predicted molar refractivity (Wildman–Crippen MR) is 58.9 cm³/mol. The highest BCUT2D eigenvalue weighted by molar-refractivity contribution is 6.32. The highest BCUT2D eigenvalue weighted by atomic mass is 35.5. The number of rotatable bonds is 1. The van der Waals surface area contributed by atoms with Crippen molar-refractivity contribution in [2.45, 2.75) is 18.9 Å². The summed E-state index contributed by atoms with van der Waals surface area (Å²) in [6.45, 7) is 1.49. The normalized spacial score (nSPS) is 18.1. The van der Waals surface area contributed by atoms with Crippen LogP contribution in [0.5, 0.6) is 0 Å². The Hall–Kier alpha value is -1.07. The third-order valence-corrected chi connectivity index (χ3v) is 2.77. The summed E-state index contributed by atoms with van der Waals surface area (Å²) in [5.74, 6) is 0.886. The van der Waals surface area contributed by atoms with E-state index in [1.54, 1.807) is 0 Å². The van der Waals surface area contributed by atoms with E-state index in [4.69, 9.17) is 17.3 Å². The molecule has 1 saturated heterocycles. The first-order valence-corrected chi connectivity index (χ1v) is 5.25. The van der Waals surface area contributed by atoms with E-state index in [1.807, 2.05) is 4.90 Å². The van der Waals surface area contributed by atoms with Gasteiger partial charge in [-0.1, -0.05) is 11.6 Å². The van der Waals surface area contributed by atoms with Crippen molar-refractivity contribution in [2.75, 3.05) is 23.7 Å². The molecule has 3 N–H and O–H groups in total. The summed E-state index contributed by atoms with van der Waals surface area (Å²) in [5.41, 5.74) is 5.50. The molecule has 0 aromatic carbocycles. The maximum Gasteiger partial charge on any atom is 0.222 e. The summed E-state index contributed by atoms with van der Waals surface area (Å²) >= 11 is 5.98.